The van der Waals surface area contributed by atoms with Gasteiger partial charge in [-0.1, -0.05) is 18.2 Å². The lowest BCUT2D eigenvalue weighted by Gasteiger charge is -2.23. The first-order valence-electron chi connectivity index (χ1n) is 8.52. The van der Waals surface area contributed by atoms with Gasteiger partial charge in [-0.15, -0.1) is 0 Å². The molecule has 0 spiro atoms. The molecule has 1 saturated carbocycles. The highest BCUT2D eigenvalue weighted by Crippen LogP contribution is 2.32. The van der Waals surface area contributed by atoms with Crippen LogP contribution in [0.4, 0.5) is 0 Å². The van der Waals surface area contributed by atoms with E-state index in [2.05, 4.69) is 26.0 Å². The second-order valence-electron chi connectivity index (χ2n) is 6.87. The lowest BCUT2D eigenvalue weighted by molar-refractivity contribution is -0.136. The smallest absolute Gasteiger partial charge is 0.311 e. The number of nitrogens with zero attached hydrogens (tertiary/aromatic N) is 1. The molecule has 1 aliphatic rings. The summed E-state index contributed by atoms with van der Waals surface area (Å²) in [6.07, 6.45) is 3.16. The summed E-state index contributed by atoms with van der Waals surface area (Å²) in [4.78, 5) is 26.0. The maximum absolute atomic E-state index is 13.1. The highest BCUT2D eigenvalue weighted by molar-refractivity contribution is 5.97. The van der Waals surface area contributed by atoms with Crippen LogP contribution in [-0.4, -0.2) is 27.9 Å². The first-order chi connectivity index (χ1) is 11.9. The molecule has 1 N–H and O–H groups in total. The predicted molar refractivity (Wildman–Crippen MR) is 93.6 cm³/mol. The fourth-order valence-electron chi connectivity index (χ4n) is 3.05. The van der Waals surface area contributed by atoms with Crippen molar-refractivity contribution in [3.05, 3.63) is 58.0 Å². The zero-order valence-electron chi connectivity index (χ0n) is 14.8. The number of aliphatic carboxylic acids is 1. The summed E-state index contributed by atoms with van der Waals surface area (Å²) in [7, 11) is 0. The largest absolute Gasteiger partial charge is 0.481 e. The highest BCUT2D eigenvalue weighted by Gasteiger charge is 2.35. The number of furan rings is 1. The van der Waals surface area contributed by atoms with E-state index in [1.54, 1.807) is 6.92 Å². The van der Waals surface area contributed by atoms with Crippen molar-refractivity contribution in [3.63, 3.8) is 0 Å². The molecule has 0 aliphatic heterocycles. The normalized spacial score (nSPS) is 13.7. The Morgan fingerprint density at radius 2 is 1.88 bits per heavy atom. The van der Waals surface area contributed by atoms with Crippen LogP contribution in [0.25, 0.3) is 0 Å². The number of carboxylic acids is 1. The third-order valence-electron chi connectivity index (χ3n) is 4.75. The second kappa shape index (κ2) is 6.75. The lowest BCUT2D eigenvalue weighted by atomic mass is 10.0. The van der Waals surface area contributed by atoms with Gasteiger partial charge in [-0.3, -0.25) is 9.59 Å². The van der Waals surface area contributed by atoms with Crippen molar-refractivity contribution >= 4 is 11.9 Å². The van der Waals surface area contributed by atoms with E-state index in [1.807, 2.05) is 11.0 Å². The van der Waals surface area contributed by atoms with E-state index < -0.39 is 5.97 Å². The SMILES string of the molecule is Cc1ccc(CN(C(=O)c2c(C)coc2CC(=O)O)C2CC2)cc1C. The van der Waals surface area contributed by atoms with Crippen LogP contribution < -0.4 is 0 Å². The number of carbonyl (C=O) groups is 2. The maximum atomic E-state index is 13.1. The molecule has 1 aliphatic carbocycles. The van der Waals surface area contributed by atoms with Crippen molar-refractivity contribution in [1.29, 1.82) is 0 Å². The average Bonchev–Trinajstić information content (AvgIpc) is 3.32. The molecule has 1 aromatic carbocycles. The fraction of sp³-hybridized carbons (Fsp3) is 0.400. The molecular formula is C20H23NO4. The van der Waals surface area contributed by atoms with Gasteiger partial charge in [-0.25, -0.2) is 0 Å². The van der Waals surface area contributed by atoms with Crippen molar-refractivity contribution in [2.75, 3.05) is 0 Å². The second-order valence-corrected chi connectivity index (χ2v) is 6.87. The number of hydrogen-bond donors (Lipinski definition) is 1. The summed E-state index contributed by atoms with van der Waals surface area (Å²) < 4.78 is 5.33. The van der Waals surface area contributed by atoms with Gasteiger partial charge < -0.3 is 14.4 Å². The maximum Gasteiger partial charge on any atom is 0.311 e. The van der Waals surface area contributed by atoms with Crippen LogP contribution in [0.15, 0.2) is 28.9 Å². The standard InChI is InChI=1S/C20H23NO4/c1-12-4-5-15(8-13(12)2)10-21(16-6-7-16)20(24)19-14(3)11-25-17(19)9-18(22)23/h4-5,8,11,16H,6-7,9-10H2,1-3H3,(H,22,23). The molecule has 0 saturated heterocycles. The Labute approximate surface area is 147 Å². The first kappa shape index (κ1) is 17.3. The van der Waals surface area contributed by atoms with Crippen molar-refractivity contribution < 1.29 is 19.1 Å². The molecule has 1 fully saturated rings. The molecule has 5 heteroatoms. The molecule has 0 radical (unpaired) electrons. The van der Waals surface area contributed by atoms with Crippen LogP contribution in [0, 0.1) is 20.8 Å². The molecule has 0 unspecified atom stereocenters. The number of rotatable bonds is 6. The summed E-state index contributed by atoms with van der Waals surface area (Å²) in [5.41, 5.74) is 4.60. The molecule has 5 nitrogen and oxygen atoms in total. The summed E-state index contributed by atoms with van der Waals surface area (Å²) in [6.45, 7) is 6.44. The van der Waals surface area contributed by atoms with Gasteiger partial charge in [0.1, 0.15) is 12.2 Å². The molecular weight excluding hydrogens is 318 g/mol. The van der Waals surface area contributed by atoms with Crippen LogP contribution in [0.2, 0.25) is 0 Å². The van der Waals surface area contributed by atoms with E-state index in [0.29, 0.717) is 17.7 Å². The number of benzene rings is 1. The van der Waals surface area contributed by atoms with Gasteiger partial charge in [-0.05, 0) is 50.3 Å². The summed E-state index contributed by atoms with van der Waals surface area (Å²) >= 11 is 0. The molecule has 1 aromatic heterocycles. The van der Waals surface area contributed by atoms with Gasteiger partial charge in [0, 0.05) is 18.2 Å². The number of carboxylic acid groups (broad SMARTS) is 1. The number of hydrogen-bond acceptors (Lipinski definition) is 3. The Kier molecular flexibility index (Phi) is 4.66. The molecule has 0 atom stereocenters. The van der Waals surface area contributed by atoms with Crippen molar-refractivity contribution in [1.82, 2.24) is 4.90 Å². The highest BCUT2D eigenvalue weighted by atomic mass is 16.4. The Morgan fingerprint density at radius 1 is 1.16 bits per heavy atom. The van der Waals surface area contributed by atoms with Gasteiger partial charge in [-0.2, -0.15) is 0 Å². The topological polar surface area (TPSA) is 70.8 Å². The summed E-state index contributed by atoms with van der Waals surface area (Å²) in [6, 6.07) is 6.45. The molecule has 132 valence electrons. The molecule has 1 amide bonds. The Balaban J connectivity index is 1.88. The molecule has 1 heterocycles. The van der Waals surface area contributed by atoms with Gasteiger partial charge >= 0.3 is 5.97 Å². The Morgan fingerprint density at radius 3 is 2.48 bits per heavy atom. The van der Waals surface area contributed by atoms with E-state index in [4.69, 9.17) is 9.52 Å². The van der Waals surface area contributed by atoms with E-state index in [-0.39, 0.29) is 24.1 Å². The number of amides is 1. The van der Waals surface area contributed by atoms with Crippen LogP contribution in [0.5, 0.6) is 0 Å². The first-order valence-corrected chi connectivity index (χ1v) is 8.52. The third-order valence-corrected chi connectivity index (χ3v) is 4.75. The van der Waals surface area contributed by atoms with Crippen LogP contribution in [0.1, 0.15) is 51.2 Å². The van der Waals surface area contributed by atoms with Crippen LogP contribution >= 0.6 is 0 Å². The third kappa shape index (κ3) is 3.76. The van der Waals surface area contributed by atoms with Gasteiger partial charge in [0.05, 0.1) is 11.8 Å². The van der Waals surface area contributed by atoms with E-state index >= 15 is 0 Å². The molecule has 3 rings (SSSR count). The van der Waals surface area contributed by atoms with E-state index in [1.165, 1.54) is 17.4 Å². The zero-order valence-corrected chi connectivity index (χ0v) is 14.8. The molecule has 0 bridgehead atoms. The van der Waals surface area contributed by atoms with Crippen molar-refractivity contribution in [2.24, 2.45) is 0 Å². The minimum absolute atomic E-state index is 0.136. The fourth-order valence-corrected chi connectivity index (χ4v) is 3.05. The minimum atomic E-state index is -1.00. The summed E-state index contributed by atoms with van der Waals surface area (Å²) in [5, 5.41) is 9.05. The quantitative estimate of drug-likeness (QED) is 0.871. The lowest BCUT2D eigenvalue weighted by Crippen LogP contribution is -2.33. The van der Waals surface area contributed by atoms with Gasteiger partial charge in [0.2, 0.25) is 0 Å². The van der Waals surface area contributed by atoms with Crippen LogP contribution in [-0.2, 0) is 17.8 Å². The van der Waals surface area contributed by atoms with E-state index in [9.17, 15) is 9.59 Å². The Bertz CT molecular complexity index is 817. The Hall–Kier alpha value is -2.56. The van der Waals surface area contributed by atoms with Gasteiger partial charge in [0.25, 0.3) is 5.91 Å². The minimum Gasteiger partial charge on any atom is -0.481 e. The number of aryl methyl sites for hydroxylation is 3. The van der Waals surface area contributed by atoms with Crippen molar-refractivity contribution in [2.45, 2.75) is 52.6 Å². The monoisotopic (exact) mass is 341 g/mol. The predicted octanol–water partition coefficient (Wildman–Crippen LogP) is 3.64. The van der Waals surface area contributed by atoms with E-state index in [0.717, 1.165) is 18.4 Å². The number of carbonyl (C=O) groups excluding carboxylic acids is 1. The van der Waals surface area contributed by atoms with Crippen LogP contribution in [0.3, 0.4) is 0 Å². The average molecular weight is 341 g/mol. The van der Waals surface area contributed by atoms with Gasteiger partial charge in [0.15, 0.2) is 0 Å². The van der Waals surface area contributed by atoms with Crippen molar-refractivity contribution in [3.8, 4) is 0 Å². The summed E-state index contributed by atoms with van der Waals surface area (Å²) in [5.74, 6) is -0.903. The molecule has 2 aromatic rings. The zero-order chi connectivity index (χ0) is 18.1. The molecule has 25 heavy (non-hydrogen) atoms.